The molecule has 1 aliphatic rings. The lowest BCUT2D eigenvalue weighted by atomic mass is 10.2. The maximum atomic E-state index is 12.8. The summed E-state index contributed by atoms with van der Waals surface area (Å²) in [5.74, 6) is 0.876. The minimum absolute atomic E-state index is 0.0311. The van der Waals surface area contributed by atoms with Crippen LogP contribution in [0.3, 0.4) is 0 Å². The molecular weight excluding hydrogens is 358 g/mol. The van der Waals surface area contributed by atoms with E-state index in [1.165, 1.54) is 0 Å². The molecule has 0 atom stereocenters. The first-order chi connectivity index (χ1) is 13.5. The summed E-state index contributed by atoms with van der Waals surface area (Å²) in [7, 11) is 0. The number of hydrogen-bond donors (Lipinski definition) is 1. The summed E-state index contributed by atoms with van der Waals surface area (Å²) in [5.41, 5.74) is 1.76. The molecule has 2 amide bonds. The zero-order chi connectivity index (χ0) is 20.1. The van der Waals surface area contributed by atoms with Crippen molar-refractivity contribution in [1.82, 2.24) is 19.8 Å². The van der Waals surface area contributed by atoms with E-state index in [9.17, 15) is 9.59 Å². The van der Waals surface area contributed by atoms with Crippen LogP contribution >= 0.6 is 0 Å². The number of amides is 2. The molecule has 1 N–H and O–H groups in total. The van der Waals surface area contributed by atoms with Gasteiger partial charge < -0.3 is 19.9 Å². The zero-order valence-electron chi connectivity index (χ0n) is 16.4. The van der Waals surface area contributed by atoms with Crippen molar-refractivity contribution in [1.29, 1.82) is 0 Å². The highest BCUT2D eigenvalue weighted by Crippen LogP contribution is 2.27. The monoisotopic (exact) mass is 383 g/mol. The summed E-state index contributed by atoms with van der Waals surface area (Å²) >= 11 is 0. The van der Waals surface area contributed by atoms with Crippen LogP contribution in [0.2, 0.25) is 0 Å². The minimum Gasteiger partial charge on any atom is -0.489 e. The number of benzene rings is 1. The number of aromatic nitrogens is 2. The van der Waals surface area contributed by atoms with Gasteiger partial charge in [0, 0.05) is 31.9 Å². The predicted octanol–water partition coefficient (Wildman–Crippen LogP) is 2.23. The third kappa shape index (κ3) is 4.76. The normalized spacial score (nSPS) is 14.1. The van der Waals surface area contributed by atoms with E-state index < -0.39 is 0 Å². The SMILES string of the molecule is Cc1cc(C(=O)N2CCN(C=O)CC2)nc(Nc2ccccc2OC(C)C)n1. The molecule has 0 bridgehead atoms. The fourth-order valence-corrected chi connectivity index (χ4v) is 2.97. The molecule has 0 spiro atoms. The molecule has 1 aromatic heterocycles. The fraction of sp³-hybridized carbons (Fsp3) is 0.400. The smallest absolute Gasteiger partial charge is 0.272 e. The van der Waals surface area contributed by atoms with Gasteiger partial charge in [-0.3, -0.25) is 9.59 Å². The number of nitrogens with one attached hydrogen (secondary N) is 1. The average molecular weight is 383 g/mol. The molecule has 0 aliphatic carbocycles. The standard InChI is InChI=1S/C20H25N5O3/c1-14(2)28-18-7-5-4-6-16(18)22-20-21-15(3)12-17(23-20)19(27)25-10-8-24(13-26)9-11-25/h4-7,12-14H,8-11H2,1-3H3,(H,21,22,23). The Bertz CT molecular complexity index is 847. The van der Waals surface area contributed by atoms with Crippen molar-refractivity contribution in [3.63, 3.8) is 0 Å². The van der Waals surface area contributed by atoms with Crippen LogP contribution in [-0.4, -0.2) is 64.4 Å². The molecule has 2 aromatic rings. The summed E-state index contributed by atoms with van der Waals surface area (Å²) in [6.45, 7) is 7.80. The van der Waals surface area contributed by atoms with E-state index in [1.807, 2.05) is 45.0 Å². The van der Waals surface area contributed by atoms with Crippen LogP contribution in [0.15, 0.2) is 30.3 Å². The Balaban J connectivity index is 1.79. The molecule has 1 aromatic carbocycles. The molecule has 1 saturated heterocycles. The summed E-state index contributed by atoms with van der Waals surface area (Å²) in [4.78, 5) is 35.9. The Morgan fingerprint density at radius 3 is 2.57 bits per heavy atom. The Labute approximate surface area is 164 Å². The molecule has 2 heterocycles. The molecule has 0 unspecified atom stereocenters. The van der Waals surface area contributed by atoms with E-state index in [-0.39, 0.29) is 12.0 Å². The van der Waals surface area contributed by atoms with Gasteiger partial charge in [-0.15, -0.1) is 0 Å². The Hall–Kier alpha value is -3.16. The lowest BCUT2D eigenvalue weighted by Crippen LogP contribution is -2.48. The summed E-state index contributed by atoms with van der Waals surface area (Å²) in [6, 6.07) is 9.22. The number of carbonyl (C=O) groups is 2. The number of anilines is 2. The van der Waals surface area contributed by atoms with Crippen LogP contribution in [0.4, 0.5) is 11.6 Å². The number of hydrogen-bond acceptors (Lipinski definition) is 6. The number of aryl methyl sites for hydroxylation is 1. The van der Waals surface area contributed by atoms with Gasteiger partial charge >= 0.3 is 0 Å². The molecule has 0 radical (unpaired) electrons. The van der Waals surface area contributed by atoms with Gasteiger partial charge in [0.2, 0.25) is 12.4 Å². The topological polar surface area (TPSA) is 87.7 Å². The number of ether oxygens (including phenoxy) is 1. The van der Waals surface area contributed by atoms with Crippen LogP contribution in [0.5, 0.6) is 5.75 Å². The Morgan fingerprint density at radius 2 is 1.89 bits per heavy atom. The molecular formula is C20H25N5O3. The van der Waals surface area contributed by atoms with E-state index in [1.54, 1.807) is 15.9 Å². The van der Waals surface area contributed by atoms with Crippen molar-refractivity contribution in [2.24, 2.45) is 0 Å². The first-order valence-electron chi connectivity index (χ1n) is 9.33. The van der Waals surface area contributed by atoms with Gasteiger partial charge in [0.15, 0.2) is 0 Å². The van der Waals surface area contributed by atoms with Crippen molar-refractivity contribution >= 4 is 24.0 Å². The second-order valence-electron chi connectivity index (χ2n) is 6.94. The lowest BCUT2D eigenvalue weighted by molar-refractivity contribution is -0.119. The average Bonchev–Trinajstić information content (AvgIpc) is 2.68. The van der Waals surface area contributed by atoms with Gasteiger partial charge in [0.25, 0.3) is 5.91 Å². The number of rotatable bonds is 6. The molecule has 1 fully saturated rings. The number of carbonyl (C=O) groups excluding carboxylic acids is 2. The highest BCUT2D eigenvalue weighted by atomic mass is 16.5. The largest absolute Gasteiger partial charge is 0.489 e. The fourth-order valence-electron chi connectivity index (χ4n) is 2.97. The van der Waals surface area contributed by atoms with Crippen LogP contribution in [-0.2, 0) is 4.79 Å². The second-order valence-corrected chi connectivity index (χ2v) is 6.94. The first kappa shape index (κ1) is 19.6. The van der Waals surface area contributed by atoms with Gasteiger partial charge in [0.05, 0.1) is 11.8 Å². The van der Waals surface area contributed by atoms with Crippen molar-refractivity contribution in [2.45, 2.75) is 26.9 Å². The molecule has 3 rings (SSSR count). The third-order valence-electron chi connectivity index (χ3n) is 4.32. The maximum Gasteiger partial charge on any atom is 0.272 e. The van der Waals surface area contributed by atoms with Crippen LogP contribution < -0.4 is 10.1 Å². The molecule has 148 valence electrons. The predicted molar refractivity (Wildman–Crippen MR) is 106 cm³/mol. The minimum atomic E-state index is -0.161. The Morgan fingerprint density at radius 1 is 1.18 bits per heavy atom. The van der Waals surface area contributed by atoms with E-state index in [2.05, 4.69) is 15.3 Å². The molecule has 8 heteroatoms. The van der Waals surface area contributed by atoms with Gasteiger partial charge in [-0.2, -0.15) is 0 Å². The highest BCUT2D eigenvalue weighted by molar-refractivity contribution is 5.93. The quantitative estimate of drug-likeness (QED) is 0.770. The van der Waals surface area contributed by atoms with E-state index in [4.69, 9.17) is 4.74 Å². The first-order valence-corrected chi connectivity index (χ1v) is 9.33. The lowest BCUT2D eigenvalue weighted by Gasteiger charge is -2.32. The molecule has 1 aliphatic heterocycles. The van der Waals surface area contributed by atoms with Crippen molar-refractivity contribution < 1.29 is 14.3 Å². The number of piperazine rings is 1. The summed E-state index contributed by atoms with van der Waals surface area (Å²) < 4.78 is 5.81. The van der Waals surface area contributed by atoms with Crippen molar-refractivity contribution in [2.75, 3.05) is 31.5 Å². The van der Waals surface area contributed by atoms with Crippen molar-refractivity contribution in [3.8, 4) is 5.75 Å². The summed E-state index contributed by atoms with van der Waals surface area (Å²) in [6.07, 6.45) is 0.846. The maximum absolute atomic E-state index is 12.8. The molecule has 8 nitrogen and oxygen atoms in total. The van der Waals surface area contributed by atoms with Crippen molar-refractivity contribution in [3.05, 3.63) is 41.7 Å². The molecule has 0 saturated carbocycles. The van der Waals surface area contributed by atoms with Gasteiger partial charge in [-0.05, 0) is 39.0 Å². The third-order valence-corrected chi connectivity index (χ3v) is 4.32. The van der Waals surface area contributed by atoms with Crippen LogP contribution in [0, 0.1) is 6.92 Å². The van der Waals surface area contributed by atoms with Crippen LogP contribution in [0.25, 0.3) is 0 Å². The second kappa shape index (κ2) is 8.69. The molecule has 28 heavy (non-hydrogen) atoms. The van der Waals surface area contributed by atoms with Gasteiger partial charge in [-0.25, -0.2) is 9.97 Å². The van der Waals surface area contributed by atoms with E-state index >= 15 is 0 Å². The van der Waals surface area contributed by atoms with E-state index in [0.717, 1.165) is 12.1 Å². The van der Waals surface area contributed by atoms with Crippen LogP contribution in [0.1, 0.15) is 30.0 Å². The number of nitrogens with zero attached hydrogens (tertiary/aromatic N) is 4. The number of para-hydroxylation sites is 2. The van der Waals surface area contributed by atoms with E-state index in [0.29, 0.717) is 49.3 Å². The zero-order valence-corrected chi connectivity index (χ0v) is 16.4. The van der Waals surface area contributed by atoms with Gasteiger partial charge in [-0.1, -0.05) is 12.1 Å². The highest BCUT2D eigenvalue weighted by Gasteiger charge is 2.23. The summed E-state index contributed by atoms with van der Waals surface area (Å²) in [5, 5.41) is 3.16. The Kier molecular flexibility index (Phi) is 6.08. The van der Waals surface area contributed by atoms with Gasteiger partial charge in [0.1, 0.15) is 11.4 Å².